The number of fused-ring (bicyclic) bond motifs is 14. The first kappa shape index (κ1) is 40.9. The fourth-order valence-electron chi connectivity index (χ4n) is 11.7. The van der Waals surface area contributed by atoms with Crippen LogP contribution in [0.1, 0.15) is 11.1 Å². The van der Waals surface area contributed by atoms with E-state index in [1.807, 2.05) is 24.3 Å². The molecule has 0 saturated carbocycles. The first-order chi connectivity index (χ1) is 36.1. The third kappa shape index (κ3) is 6.01. The second-order valence-electron chi connectivity index (χ2n) is 18.7. The van der Waals surface area contributed by atoms with Crippen molar-refractivity contribution in [3.05, 3.63) is 242 Å². The molecule has 7 heteroatoms. The van der Waals surface area contributed by atoms with Crippen molar-refractivity contribution in [1.29, 1.82) is 10.5 Å². The standard InChI is InChI=1S/C66H38N6S/c67-39-42-34-62(72-58-31-29-47(70-56-24-12-9-21-49(56)50-22-10-13-25-57(50)70)35-52(58)53-37-54-51-23-11-14-26-64(51)73-65(54)38-63(53)72)43(40-68)33-61(42)71-59-32-28-46(69(44-16-3-1-4-17-44)45-18-5-2-6-19-45)36-55(59)66-48-20-8-7-15-41(48)27-30-60(66)71/h1-38H. The van der Waals surface area contributed by atoms with Gasteiger partial charge in [0.2, 0.25) is 0 Å². The summed E-state index contributed by atoms with van der Waals surface area (Å²) in [5.41, 5.74) is 12.4. The summed E-state index contributed by atoms with van der Waals surface area (Å²) >= 11 is 1.77. The molecule has 11 aromatic carbocycles. The van der Waals surface area contributed by atoms with Gasteiger partial charge in [-0.25, -0.2) is 0 Å². The second kappa shape index (κ2) is 15.8. The van der Waals surface area contributed by atoms with Crippen LogP contribution in [0, 0.1) is 22.7 Å². The van der Waals surface area contributed by atoms with Gasteiger partial charge in [0.15, 0.2) is 0 Å². The predicted octanol–water partition coefficient (Wildman–Crippen LogP) is 17.7. The monoisotopic (exact) mass is 946 g/mol. The average molecular weight is 947 g/mol. The minimum Gasteiger partial charge on any atom is -0.310 e. The number of nitrogens with zero attached hydrogens (tertiary/aromatic N) is 6. The molecule has 4 aromatic heterocycles. The van der Waals surface area contributed by atoms with E-state index in [0.717, 1.165) is 92.9 Å². The van der Waals surface area contributed by atoms with Crippen LogP contribution in [0.2, 0.25) is 0 Å². The summed E-state index contributed by atoms with van der Waals surface area (Å²) in [6.45, 7) is 0. The highest BCUT2D eigenvalue weighted by Crippen LogP contribution is 2.45. The van der Waals surface area contributed by atoms with Crippen molar-refractivity contribution >= 4 is 125 Å². The number of hydrogen-bond acceptors (Lipinski definition) is 4. The third-order valence-electron chi connectivity index (χ3n) is 14.8. The van der Waals surface area contributed by atoms with Gasteiger partial charge in [0, 0.05) is 75.2 Å². The maximum absolute atomic E-state index is 11.4. The van der Waals surface area contributed by atoms with E-state index in [1.54, 1.807) is 11.3 Å². The first-order valence-electron chi connectivity index (χ1n) is 24.4. The van der Waals surface area contributed by atoms with Crippen molar-refractivity contribution in [3.63, 3.8) is 0 Å². The van der Waals surface area contributed by atoms with E-state index in [9.17, 15) is 10.5 Å². The molecule has 15 rings (SSSR count). The van der Waals surface area contributed by atoms with E-state index >= 15 is 0 Å². The summed E-state index contributed by atoms with van der Waals surface area (Å²) in [6, 6.07) is 86.4. The lowest BCUT2D eigenvalue weighted by atomic mass is 10.0. The highest BCUT2D eigenvalue weighted by molar-refractivity contribution is 7.25. The Bertz CT molecular complexity index is 4790. The van der Waals surface area contributed by atoms with Crippen LogP contribution in [-0.2, 0) is 0 Å². The van der Waals surface area contributed by atoms with Crippen molar-refractivity contribution in [2.45, 2.75) is 0 Å². The summed E-state index contributed by atoms with van der Waals surface area (Å²) in [6.07, 6.45) is 0. The van der Waals surface area contributed by atoms with E-state index in [0.29, 0.717) is 22.5 Å². The molecule has 0 fully saturated rings. The van der Waals surface area contributed by atoms with Crippen LogP contribution >= 0.6 is 11.3 Å². The fraction of sp³-hybridized carbons (Fsp3) is 0. The molecule has 6 nitrogen and oxygen atoms in total. The summed E-state index contributed by atoms with van der Waals surface area (Å²) in [7, 11) is 0. The Morgan fingerprint density at radius 1 is 0.329 bits per heavy atom. The van der Waals surface area contributed by atoms with Crippen molar-refractivity contribution in [3.8, 4) is 29.2 Å². The molecular formula is C66H38N6S. The summed E-state index contributed by atoms with van der Waals surface area (Å²) < 4.78 is 9.13. The van der Waals surface area contributed by atoms with E-state index in [-0.39, 0.29) is 0 Å². The number of hydrogen-bond donors (Lipinski definition) is 0. The molecular weight excluding hydrogens is 909 g/mol. The molecule has 0 aliphatic carbocycles. The minimum atomic E-state index is 0.458. The van der Waals surface area contributed by atoms with Gasteiger partial charge in [-0.1, -0.05) is 121 Å². The molecule has 15 aromatic rings. The third-order valence-corrected chi connectivity index (χ3v) is 16.0. The van der Waals surface area contributed by atoms with Crippen molar-refractivity contribution in [1.82, 2.24) is 13.7 Å². The zero-order valence-corrected chi connectivity index (χ0v) is 39.8. The Balaban J connectivity index is 0.988. The largest absolute Gasteiger partial charge is 0.310 e. The Labute approximate surface area is 422 Å². The van der Waals surface area contributed by atoms with Crippen molar-refractivity contribution in [2.24, 2.45) is 0 Å². The molecule has 0 saturated heterocycles. The van der Waals surface area contributed by atoms with E-state index in [2.05, 4.69) is 237 Å². The SMILES string of the molecule is N#Cc1cc(-n2c3ccc(N(c4ccccc4)c4ccccc4)cc3c3c4ccccc4ccc32)c(C#N)cc1-n1c2ccc(-n3c4ccccc4c4ccccc43)cc2c2cc3c(cc21)sc1ccccc13. The van der Waals surface area contributed by atoms with Crippen LogP contribution in [0.5, 0.6) is 0 Å². The van der Waals surface area contributed by atoms with Gasteiger partial charge in [-0.3, -0.25) is 0 Å². The molecule has 338 valence electrons. The Kier molecular flexibility index (Phi) is 8.86. The van der Waals surface area contributed by atoms with Crippen LogP contribution in [0.15, 0.2) is 231 Å². The maximum Gasteiger partial charge on any atom is 0.101 e. The summed E-state index contributed by atoms with van der Waals surface area (Å²) in [5, 5.41) is 34.1. The number of rotatable bonds is 6. The molecule has 0 spiro atoms. The molecule has 0 amide bonds. The van der Waals surface area contributed by atoms with Crippen LogP contribution in [0.3, 0.4) is 0 Å². The smallest absolute Gasteiger partial charge is 0.101 e. The van der Waals surface area contributed by atoms with E-state index in [4.69, 9.17) is 0 Å². The molecule has 0 unspecified atom stereocenters. The molecule has 0 atom stereocenters. The lowest BCUT2D eigenvalue weighted by molar-refractivity contribution is 1.12. The van der Waals surface area contributed by atoms with Crippen LogP contribution in [-0.4, -0.2) is 13.7 Å². The van der Waals surface area contributed by atoms with Gasteiger partial charge in [-0.2, -0.15) is 10.5 Å². The maximum atomic E-state index is 11.4. The molecule has 0 N–H and O–H groups in total. The molecule has 4 heterocycles. The van der Waals surface area contributed by atoms with E-state index in [1.165, 1.54) is 26.2 Å². The highest BCUT2D eigenvalue weighted by Gasteiger charge is 2.25. The lowest BCUT2D eigenvalue weighted by Gasteiger charge is -2.25. The molecule has 73 heavy (non-hydrogen) atoms. The predicted molar refractivity (Wildman–Crippen MR) is 304 cm³/mol. The normalized spacial score (nSPS) is 11.8. The zero-order valence-electron chi connectivity index (χ0n) is 39.0. The van der Waals surface area contributed by atoms with Gasteiger partial charge in [0.1, 0.15) is 12.1 Å². The van der Waals surface area contributed by atoms with Gasteiger partial charge in [0.05, 0.1) is 55.6 Å². The summed E-state index contributed by atoms with van der Waals surface area (Å²) in [4.78, 5) is 2.28. The number of aromatic nitrogens is 3. The van der Waals surface area contributed by atoms with Crippen LogP contribution in [0.4, 0.5) is 17.1 Å². The van der Waals surface area contributed by atoms with Gasteiger partial charge in [-0.05, 0) is 120 Å². The van der Waals surface area contributed by atoms with Crippen molar-refractivity contribution < 1.29 is 0 Å². The van der Waals surface area contributed by atoms with Crippen LogP contribution in [0.25, 0.3) is 113 Å². The van der Waals surface area contributed by atoms with Gasteiger partial charge in [0.25, 0.3) is 0 Å². The van der Waals surface area contributed by atoms with E-state index < -0.39 is 0 Å². The number of para-hydroxylation sites is 4. The van der Waals surface area contributed by atoms with Gasteiger partial charge in [-0.15, -0.1) is 11.3 Å². The van der Waals surface area contributed by atoms with Gasteiger partial charge < -0.3 is 18.6 Å². The highest BCUT2D eigenvalue weighted by atomic mass is 32.1. The Morgan fingerprint density at radius 2 is 0.863 bits per heavy atom. The average Bonchev–Trinajstić information content (AvgIpc) is 4.19. The molecule has 0 aliphatic rings. The number of thiophene rings is 1. The summed E-state index contributed by atoms with van der Waals surface area (Å²) in [5.74, 6) is 0. The second-order valence-corrected chi connectivity index (χ2v) is 19.8. The first-order valence-corrected chi connectivity index (χ1v) is 25.2. The fourth-order valence-corrected chi connectivity index (χ4v) is 12.9. The number of benzene rings is 11. The minimum absolute atomic E-state index is 0.458. The number of nitriles is 2. The molecule has 0 aliphatic heterocycles. The lowest BCUT2D eigenvalue weighted by Crippen LogP contribution is -2.09. The van der Waals surface area contributed by atoms with Gasteiger partial charge >= 0.3 is 0 Å². The quantitative estimate of drug-likeness (QED) is 0.167. The topological polar surface area (TPSA) is 65.6 Å². The zero-order chi connectivity index (χ0) is 48.3. The van der Waals surface area contributed by atoms with Crippen LogP contribution < -0.4 is 4.90 Å². The number of anilines is 3. The molecule has 0 bridgehead atoms. The Hall–Kier alpha value is -9.92. The molecule has 0 radical (unpaired) electrons. The Morgan fingerprint density at radius 3 is 1.55 bits per heavy atom. The van der Waals surface area contributed by atoms with Crippen molar-refractivity contribution in [2.75, 3.05) is 4.90 Å².